The lowest BCUT2D eigenvalue weighted by molar-refractivity contribution is 1.50. The van der Waals surface area contributed by atoms with E-state index in [0.29, 0.717) is 15.2 Å². The summed E-state index contributed by atoms with van der Waals surface area (Å²) in [6.45, 7) is 0. The first kappa shape index (κ1) is 8.10. The van der Waals surface area contributed by atoms with Crippen LogP contribution in [0.5, 0.6) is 0 Å². The molecule has 12 heavy (non-hydrogen) atoms. The summed E-state index contributed by atoms with van der Waals surface area (Å²) in [4.78, 5) is 4.06. The number of nitrogen functional groups attached to an aromatic ring is 1. The molecular weight excluding hydrogens is 215 g/mol. The number of fused-ring (bicyclic) bond motifs is 1. The molecule has 0 fully saturated rings. The van der Waals surface area contributed by atoms with Crippen molar-refractivity contribution in [3.05, 3.63) is 21.6 Å². The summed E-state index contributed by atoms with van der Waals surface area (Å²) in [5.74, 6) is 0. The lowest BCUT2D eigenvalue weighted by atomic mass is 10.3. The average molecular weight is 219 g/mol. The first-order valence-corrected chi connectivity index (χ1v) is 4.76. The van der Waals surface area contributed by atoms with Crippen LogP contribution in [-0.2, 0) is 0 Å². The van der Waals surface area contributed by atoms with Gasteiger partial charge >= 0.3 is 0 Å². The Morgan fingerprint density at radius 3 is 2.83 bits per heavy atom. The molecule has 0 unspecified atom stereocenters. The molecule has 1 aromatic heterocycles. The third-order valence-corrected chi connectivity index (χ3v) is 3.06. The van der Waals surface area contributed by atoms with Crippen LogP contribution in [0.1, 0.15) is 0 Å². The number of hydrogen-bond donors (Lipinski definition) is 1. The SMILES string of the molecule is Nc1c(Cl)ccc2nc(Cl)sc12. The molecule has 0 amide bonds. The standard InChI is InChI=1S/C7H4Cl2N2S/c8-3-1-2-4-6(5(3)10)12-7(9)11-4/h1-2H,10H2. The number of nitrogens with two attached hydrogens (primary N) is 1. The van der Waals surface area contributed by atoms with Crippen molar-refractivity contribution in [1.29, 1.82) is 0 Å². The first-order valence-electron chi connectivity index (χ1n) is 3.18. The quantitative estimate of drug-likeness (QED) is 0.691. The number of anilines is 1. The van der Waals surface area contributed by atoms with Gasteiger partial charge in [0.15, 0.2) is 4.47 Å². The van der Waals surface area contributed by atoms with Crippen molar-refractivity contribution < 1.29 is 0 Å². The van der Waals surface area contributed by atoms with Crippen molar-refractivity contribution in [3.63, 3.8) is 0 Å². The highest BCUT2D eigenvalue weighted by atomic mass is 35.5. The normalized spacial score (nSPS) is 10.8. The Kier molecular flexibility index (Phi) is 1.87. The van der Waals surface area contributed by atoms with Gasteiger partial charge in [-0.3, -0.25) is 0 Å². The molecule has 62 valence electrons. The van der Waals surface area contributed by atoms with E-state index in [2.05, 4.69) is 4.98 Å². The molecule has 1 aromatic carbocycles. The number of halogens is 2. The molecule has 2 N–H and O–H groups in total. The second kappa shape index (κ2) is 2.76. The fourth-order valence-corrected chi connectivity index (χ4v) is 2.25. The molecular formula is C7H4Cl2N2S. The first-order chi connectivity index (χ1) is 5.68. The summed E-state index contributed by atoms with van der Waals surface area (Å²) in [6, 6.07) is 3.52. The Bertz CT molecular complexity index is 438. The molecule has 0 radical (unpaired) electrons. The smallest absolute Gasteiger partial charge is 0.184 e. The predicted octanol–water partition coefficient (Wildman–Crippen LogP) is 3.19. The Morgan fingerprint density at radius 2 is 2.08 bits per heavy atom. The van der Waals surface area contributed by atoms with Crippen LogP contribution in [-0.4, -0.2) is 4.98 Å². The van der Waals surface area contributed by atoms with Crippen LogP contribution in [0.25, 0.3) is 10.2 Å². The minimum absolute atomic E-state index is 0.485. The topological polar surface area (TPSA) is 38.9 Å². The van der Waals surface area contributed by atoms with Crippen molar-refractivity contribution in [2.75, 3.05) is 5.73 Å². The molecule has 0 aliphatic heterocycles. The second-order valence-electron chi connectivity index (χ2n) is 2.28. The molecule has 0 spiro atoms. The summed E-state index contributed by atoms with van der Waals surface area (Å²) in [5, 5.41) is 0.544. The number of nitrogens with zero attached hydrogens (tertiary/aromatic N) is 1. The molecule has 0 aliphatic rings. The highest BCUT2D eigenvalue weighted by Crippen LogP contribution is 2.34. The Hall–Kier alpha value is -0.510. The third-order valence-electron chi connectivity index (χ3n) is 1.52. The van der Waals surface area contributed by atoms with Gasteiger partial charge in [-0.1, -0.05) is 23.2 Å². The van der Waals surface area contributed by atoms with E-state index in [-0.39, 0.29) is 0 Å². The second-order valence-corrected chi connectivity index (χ2v) is 4.26. The van der Waals surface area contributed by atoms with Crippen LogP contribution in [0.15, 0.2) is 12.1 Å². The van der Waals surface area contributed by atoms with Crippen LogP contribution >= 0.6 is 34.5 Å². The largest absolute Gasteiger partial charge is 0.396 e. The number of thiazole rings is 1. The van der Waals surface area contributed by atoms with Gasteiger partial charge in [0.25, 0.3) is 0 Å². The predicted molar refractivity (Wildman–Crippen MR) is 54.1 cm³/mol. The number of benzene rings is 1. The van der Waals surface area contributed by atoms with E-state index < -0.39 is 0 Å². The maximum absolute atomic E-state index is 5.81. The molecule has 5 heteroatoms. The van der Waals surface area contributed by atoms with Crippen LogP contribution in [0.2, 0.25) is 9.49 Å². The molecule has 2 aromatic rings. The number of aromatic nitrogens is 1. The minimum atomic E-state index is 0.485. The Morgan fingerprint density at radius 1 is 1.33 bits per heavy atom. The van der Waals surface area contributed by atoms with Crippen LogP contribution in [0.4, 0.5) is 5.69 Å². The van der Waals surface area contributed by atoms with Gasteiger partial charge in [-0.15, -0.1) is 11.3 Å². The molecule has 0 aliphatic carbocycles. The summed E-state index contributed by atoms with van der Waals surface area (Å²) >= 11 is 12.9. The van der Waals surface area contributed by atoms with Gasteiger partial charge in [0.05, 0.1) is 20.9 Å². The van der Waals surface area contributed by atoms with Crippen LogP contribution in [0, 0.1) is 0 Å². The number of hydrogen-bond acceptors (Lipinski definition) is 3. The van der Waals surface area contributed by atoms with E-state index in [0.717, 1.165) is 10.2 Å². The van der Waals surface area contributed by atoms with Gasteiger partial charge in [-0.05, 0) is 12.1 Å². The van der Waals surface area contributed by atoms with E-state index in [4.69, 9.17) is 28.9 Å². The maximum atomic E-state index is 5.81. The zero-order chi connectivity index (χ0) is 8.72. The van der Waals surface area contributed by atoms with Crippen molar-refractivity contribution in [2.45, 2.75) is 0 Å². The zero-order valence-corrected chi connectivity index (χ0v) is 8.17. The van der Waals surface area contributed by atoms with Gasteiger partial charge in [0.1, 0.15) is 0 Å². The van der Waals surface area contributed by atoms with E-state index >= 15 is 0 Å². The van der Waals surface area contributed by atoms with Crippen molar-refractivity contribution in [2.24, 2.45) is 0 Å². The highest BCUT2D eigenvalue weighted by molar-refractivity contribution is 7.22. The molecule has 0 saturated heterocycles. The summed E-state index contributed by atoms with van der Waals surface area (Å²) < 4.78 is 1.34. The zero-order valence-electron chi connectivity index (χ0n) is 5.84. The van der Waals surface area contributed by atoms with Gasteiger partial charge in [0.2, 0.25) is 0 Å². The molecule has 0 atom stereocenters. The molecule has 1 heterocycles. The van der Waals surface area contributed by atoms with Crippen LogP contribution in [0.3, 0.4) is 0 Å². The van der Waals surface area contributed by atoms with Gasteiger partial charge in [-0.2, -0.15) is 0 Å². The number of rotatable bonds is 0. The van der Waals surface area contributed by atoms with Gasteiger partial charge < -0.3 is 5.73 Å². The maximum Gasteiger partial charge on any atom is 0.184 e. The van der Waals surface area contributed by atoms with Crippen molar-refractivity contribution >= 4 is 50.4 Å². The van der Waals surface area contributed by atoms with Gasteiger partial charge in [-0.25, -0.2) is 4.98 Å². The van der Waals surface area contributed by atoms with Crippen molar-refractivity contribution in [1.82, 2.24) is 4.98 Å². The highest BCUT2D eigenvalue weighted by Gasteiger charge is 2.06. The molecule has 2 nitrogen and oxygen atoms in total. The molecule has 0 saturated carbocycles. The summed E-state index contributed by atoms with van der Waals surface area (Å²) in [6.07, 6.45) is 0. The van der Waals surface area contributed by atoms with E-state index in [1.54, 1.807) is 12.1 Å². The minimum Gasteiger partial charge on any atom is -0.396 e. The van der Waals surface area contributed by atoms with E-state index in [9.17, 15) is 0 Å². The summed E-state index contributed by atoms with van der Waals surface area (Å²) in [5.41, 5.74) is 7.06. The molecule has 2 rings (SSSR count). The third kappa shape index (κ3) is 1.14. The fraction of sp³-hybridized carbons (Fsp3) is 0. The monoisotopic (exact) mass is 218 g/mol. The molecule has 0 bridgehead atoms. The lowest BCUT2D eigenvalue weighted by Crippen LogP contribution is -1.85. The fourth-order valence-electron chi connectivity index (χ4n) is 0.961. The van der Waals surface area contributed by atoms with E-state index in [1.165, 1.54) is 11.3 Å². The Balaban J connectivity index is 2.89. The van der Waals surface area contributed by atoms with E-state index in [1.807, 2.05) is 0 Å². The van der Waals surface area contributed by atoms with Crippen molar-refractivity contribution in [3.8, 4) is 0 Å². The summed E-state index contributed by atoms with van der Waals surface area (Å²) in [7, 11) is 0. The average Bonchev–Trinajstić information content (AvgIpc) is 2.39. The van der Waals surface area contributed by atoms with Gasteiger partial charge in [0, 0.05) is 0 Å². The lowest BCUT2D eigenvalue weighted by Gasteiger charge is -1.95. The van der Waals surface area contributed by atoms with Crippen LogP contribution < -0.4 is 5.73 Å². The Labute approximate surface area is 82.9 Å².